The molecular weight excluding hydrogens is 372 g/mol. The van der Waals surface area contributed by atoms with Gasteiger partial charge >= 0.3 is 0 Å². The van der Waals surface area contributed by atoms with E-state index in [2.05, 4.69) is 94.9 Å². The number of allylic oxidation sites excluding steroid dienone is 1. The zero-order chi connectivity index (χ0) is 20.9. The van der Waals surface area contributed by atoms with Crippen molar-refractivity contribution in [2.24, 2.45) is 5.92 Å². The lowest BCUT2D eigenvalue weighted by molar-refractivity contribution is 0.00519. The Morgan fingerprint density at radius 2 is 1.62 bits per heavy atom. The Labute approximate surface area is 178 Å². The SMILES string of the molecule is C=CC[C@@H]1CO[C@@H]([C@@H](CC)O[Si](c2ccccc2)(c2ccccc2)C(C)(C)C)C1. The summed E-state index contributed by atoms with van der Waals surface area (Å²) in [6.45, 7) is 14.0. The molecule has 0 amide bonds. The fourth-order valence-corrected chi connectivity index (χ4v) is 9.51. The molecular formula is C26H36O2Si. The second-order valence-electron chi connectivity index (χ2n) is 9.23. The summed E-state index contributed by atoms with van der Waals surface area (Å²) in [6.07, 6.45) is 5.30. The van der Waals surface area contributed by atoms with Crippen molar-refractivity contribution in [3.8, 4) is 0 Å². The molecule has 0 radical (unpaired) electrons. The molecule has 1 saturated heterocycles. The van der Waals surface area contributed by atoms with Crippen molar-refractivity contribution in [2.45, 2.75) is 64.2 Å². The Kier molecular flexibility index (Phi) is 7.15. The Morgan fingerprint density at radius 3 is 2.07 bits per heavy atom. The smallest absolute Gasteiger partial charge is 0.261 e. The lowest BCUT2D eigenvalue weighted by Gasteiger charge is -2.46. The number of hydrogen-bond acceptors (Lipinski definition) is 2. The van der Waals surface area contributed by atoms with E-state index >= 15 is 0 Å². The summed E-state index contributed by atoms with van der Waals surface area (Å²) < 4.78 is 13.6. The minimum absolute atomic E-state index is 0.0117. The van der Waals surface area contributed by atoms with Gasteiger partial charge in [0, 0.05) is 0 Å². The molecule has 156 valence electrons. The van der Waals surface area contributed by atoms with Crippen LogP contribution in [0.25, 0.3) is 0 Å². The van der Waals surface area contributed by atoms with Crippen molar-refractivity contribution < 1.29 is 9.16 Å². The molecule has 29 heavy (non-hydrogen) atoms. The first kappa shape index (κ1) is 22.0. The van der Waals surface area contributed by atoms with E-state index in [9.17, 15) is 0 Å². The molecule has 2 aromatic rings. The maximum Gasteiger partial charge on any atom is 0.261 e. The van der Waals surface area contributed by atoms with Crippen LogP contribution in [0.2, 0.25) is 5.04 Å². The minimum Gasteiger partial charge on any atom is -0.402 e. The van der Waals surface area contributed by atoms with Crippen molar-refractivity contribution in [3.05, 3.63) is 73.3 Å². The van der Waals surface area contributed by atoms with Gasteiger partial charge in [-0.25, -0.2) is 0 Å². The molecule has 0 N–H and O–H groups in total. The van der Waals surface area contributed by atoms with E-state index in [1.165, 1.54) is 10.4 Å². The number of ether oxygens (including phenoxy) is 1. The first-order valence-electron chi connectivity index (χ1n) is 10.9. The van der Waals surface area contributed by atoms with Gasteiger partial charge in [-0.1, -0.05) is 94.4 Å². The van der Waals surface area contributed by atoms with Gasteiger partial charge < -0.3 is 9.16 Å². The highest BCUT2D eigenvalue weighted by molar-refractivity contribution is 6.99. The molecule has 2 aromatic carbocycles. The van der Waals surface area contributed by atoms with Crippen LogP contribution in [0.4, 0.5) is 0 Å². The van der Waals surface area contributed by atoms with Crippen molar-refractivity contribution in [2.75, 3.05) is 6.61 Å². The second kappa shape index (κ2) is 9.42. The molecule has 0 spiro atoms. The van der Waals surface area contributed by atoms with Crippen LogP contribution >= 0.6 is 0 Å². The van der Waals surface area contributed by atoms with Gasteiger partial charge in [-0.05, 0) is 40.6 Å². The molecule has 3 rings (SSSR count). The first-order valence-corrected chi connectivity index (χ1v) is 12.8. The third-order valence-electron chi connectivity index (χ3n) is 6.17. The number of rotatable bonds is 8. The first-order chi connectivity index (χ1) is 13.9. The van der Waals surface area contributed by atoms with Gasteiger partial charge in [0.25, 0.3) is 8.32 Å². The minimum atomic E-state index is -2.54. The van der Waals surface area contributed by atoms with Crippen LogP contribution in [0.3, 0.4) is 0 Å². The van der Waals surface area contributed by atoms with E-state index in [0.29, 0.717) is 5.92 Å². The largest absolute Gasteiger partial charge is 0.402 e. The standard InChI is InChI=1S/C26H36O2Si/c1-6-14-21-19-25(27-20-21)24(7-2)28-29(26(3,4)5,22-15-10-8-11-16-22)23-17-12-9-13-18-23/h6,8-13,15-18,21,24-25H,1,7,14,19-20H2,2-5H3/t21-,24+,25+/m0/s1. The molecule has 1 fully saturated rings. The zero-order valence-corrected chi connectivity index (χ0v) is 19.4. The van der Waals surface area contributed by atoms with Crippen molar-refractivity contribution in [3.63, 3.8) is 0 Å². The van der Waals surface area contributed by atoms with Crippen LogP contribution in [0.5, 0.6) is 0 Å². The Hall–Kier alpha value is -1.68. The quantitative estimate of drug-likeness (QED) is 0.434. The van der Waals surface area contributed by atoms with Gasteiger partial charge in [0.2, 0.25) is 0 Å². The lowest BCUT2D eigenvalue weighted by Crippen LogP contribution is -2.68. The number of hydrogen-bond donors (Lipinski definition) is 0. The predicted molar refractivity (Wildman–Crippen MR) is 125 cm³/mol. The molecule has 0 aliphatic carbocycles. The fourth-order valence-electron chi connectivity index (χ4n) is 4.72. The maximum atomic E-state index is 7.32. The molecule has 1 aliphatic heterocycles. The van der Waals surface area contributed by atoms with Gasteiger partial charge in [0.05, 0.1) is 18.8 Å². The van der Waals surface area contributed by atoms with Crippen molar-refractivity contribution >= 4 is 18.7 Å². The summed E-state index contributed by atoms with van der Waals surface area (Å²) in [6, 6.07) is 21.8. The average Bonchev–Trinajstić information content (AvgIpc) is 3.18. The lowest BCUT2D eigenvalue weighted by atomic mass is 9.99. The maximum absolute atomic E-state index is 7.32. The van der Waals surface area contributed by atoms with Gasteiger partial charge in [-0.2, -0.15) is 0 Å². The highest BCUT2D eigenvalue weighted by Gasteiger charge is 2.52. The average molecular weight is 409 g/mol. The van der Waals surface area contributed by atoms with Gasteiger partial charge in [0.1, 0.15) is 0 Å². The predicted octanol–water partition coefficient (Wildman–Crippen LogP) is 5.32. The number of benzene rings is 2. The molecule has 0 bridgehead atoms. The van der Waals surface area contributed by atoms with Crippen molar-refractivity contribution in [1.82, 2.24) is 0 Å². The fraction of sp³-hybridized carbons (Fsp3) is 0.462. The molecule has 3 heteroatoms. The Morgan fingerprint density at radius 1 is 1.07 bits per heavy atom. The topological polar surface area (TPSA) is 18.5 Å². The van der Waals surface area contributed by atoms with E-state index in [4.69, 9.17) is 9.16 Å². The van der Waals surface area contributed by atoms with Crippen LogP contribution in [0.15, 0.2) is 73.3 Å². The van der Waals surface area contributed by atoms with E-state index in [0.717, 1.165) is 25.9 Å². The van der Waals surface area contributed by atoms with Crippen LogP contribution < -0.4 is 10.4 Å². The highest BCUT2D eigenvalue weighted by atomic mass is 28.4. The summed E-state index contributed by atoms with van der Waals surface area (Å²) >= 11 is 0. The third-order valence-corrected chi connectivity index (χ3v) is 11.2. The summed E-state index contributed by atoms with van der Waals surface area (Å²) in [4.78, 5) is 0. The van der Waals surface area contributed by atoms with Gasteiger partial charge in [0.15, 0.2) is 0 Å². The summed E-state index contributed by atoms with van der Waals surface area (Å²) in [7, 11) is -2.54. The van der Waals surface area contributed by atoms with E-state index in [1.807, 2.05) is 6.08 Å². The van der Waals surface area contributed by atoms with Crippen molar-refractivity contribution in [1.29, 1.82) is 0 Å². The second-order valence-corrected chi connectivity index (χ2v) is 13.5. The van der Waals surface area contributed by atoms with Gasteiger partial charge in [-0.3, -0.25) is 0 Å². The molecule has 3 atom stereocenters. The molecule has 1 aliphatic rings. The molecule has 0 aromatic heterocycles. The summed E-state index contributed by atoms with van der Waals surface area (Å²) in [5.41, 5.74) is 0. The van der Waals surface area contributed by atoms with E-state index in [1.54, 1.807) is 0 Å². The van der Waals surface area contributed by atoms with Crippen LogP contribution in [-0.4, -0.2) is 27.1 Å². The highest BCUT2D eigenvalue weighted by Crippen LogP contribution is 2.39. The van der Waals surface area contributed by atoms with Gasteiger partial charge in [-0.15, -0.1) is 6.58 Å². The molecule has 0 unspecified atom stereocenters. The zero-order valence-electron chi connectivity index (χ0n) is 18.4. The normalized spacial score (nSPS) is 21.1. The third kappa shape index (κ3) is 4.58. The Bertz CT molecular complexity index is 727. The molecule has 0 saturated carbocycles. The van der Waals surface area contributed by atoms with Crippen LogP contribution in [-0.2, 0) is 9.16 Å². The molecule has 2 nitrogen and oxygen atoms in total. The Balaban J connectivity index is 2.04. The molecule has 1 heterocycles. The van der Waals surface area contributed by atoms with Crippen LogP contribution in [0, 0.1) is 5.92 Å². The summed E-state index contributed by atoms with van der Waals surface area (Å²) in [5, 5.41) is 2.65. The van der Waals surface area contributed by atoms with E-state index in [-0.39, 0.29) is 17.2 Å². The summed E-state index contributed by atoms with van der Waals surface area (Å²) in [5.74, 6) is 0.564. The van der Waals surface area contributed by atoms with Crippen LogP contribution in [0.1, 0.15) is 47.0 Å². The van der Waals surface area contributed by atoms with E-state index < -0.39 is 8.32 Å². The monoisotopic (exact) mass is 408 g/mol.